The van der Waals surface area contributed by atoms with Gasteiger partial charge in [0.05, 0.1) is 17.7 Å². The number of hydrogen-bond donors (Lipinski definition) is 1. The van der Waals surface area contributed by atoms with Gasteiger partial charge in [-0.3, -0.25) is 4.79 Å². The molecule has 0 unspecified atom stereocenters. The molecule has 0 spiro atoms. The number of carbonyl (C=O) groups excluding carboxylic acids is 1. The largest absolute Gasteiger partial charge is 0.329 e. The first-order valence-electron chi connectivity index (χ1n) is 9.26. The van der Waals surface area contributed by atoms with E-state index in [1.54, 1.807) is 0 Å². The number of fused-ring (bicyclic) bond motifs is 3. The van der Waals surface area contributed by atoms with Crippen LogP contribution in [0.2, 0.25) is 0 Å². The lowest BCUT2D eigenvalue weighted by atomic mass is 9.81. The van der Waals surface area contributed by atoms with Crippen LogP contribution in [0.1, 0.15) is 51.0 Å². The highest BCUT2D eigenvalue weighted by molar-refractivity contribution is 5.99. The Morgan fingerprint density at radius 1 is 1.19 bits per heavy atom. The Morgan fingerprint density at radius 3 is 2.65 bits per heavy atom. The first-order chi connectivity index (χ1) is 12.6. The van der Waals surface area contributed by atoms with Gasteiger partial charge in [0.1, 0.15) is 0 Å². The van der Waals surface area contributed by atoms with Gasteiger partial charge in [0, 0.05) is 31.1 Å². The van der Waals surface area contributed by atoms with Crippen LogP contribution in [-0.4, -0.2) is 29.9 Å². The summed E-state index contributed by atoms with van der Waals surface area (Å²) in [6.45, 7) is 6.55. The van der Waals surface area contributed by atoms with Crippen molar-refractivity contribution in [3.63, 3.8) is 0 Å². The van der Waals surface area contributed by atoms with Gasteiger partial charge in [-0.25, -0.2) is 0 Å². The van der Waals surface area contributed by atoms with Crippen LogP contribution in [0.5, 0.6) is 0 Å². The standard InChI is InChI=1S/C22H23N3O/c1-3-15-8-14(2)21-18(9-15)19-11-24-12-20(19)25(22(21)26)13-17-6-4-16(10-23)5-7-17/h4-9,19-20,24H,3,11-13H2,1-2H3/t19-,20+/m0/s1. The number of nitriles is 1. The van der Waals surface area contributed by atoms with Gasteiger partial charge in [-0.15, -0.1) is 0 Å². The minimum absolute atomic E-state index is 0.134. The van der Waals surface area contributed by atoms with Crippen LogP contribution in [0, 0.1) is 18.3 Å². The summed E-state index contributed by atoms with van der Waals surface area (Å²) in [7, 11) is 0. The maximum atomic E-state index is 13.4. The van der Waals surface area contributed by atoms with Crippen molar-refractivity contribution in [1.82, 2.24) is 10.2 Å². The van der Waals surface area contributed by atoms with Gasteiger partial charge in [0.2, 0.25) is 0 Å². The minimum Gasteiger partial charge on any atom is -0.329 e. The third kappa shape index (κ3) is 2.69. The highest BCUT2D eigenvalue weighted by atomic mass is 16.2. The predicted octanol–water partition coefficient (Wildman–Crippen LogP) is 3.14. The molecule has 0 radical (unpaired) electrons. The fraction of sp³-hybridized carbons (Fsp3) is 0.364. The molecule has 26 heavy (non-hydrogen) atoms. The molecule has 132 valence electrons. The molecule has 2 aliphatic rings. The van der Waals surface area contributed by atoms with Crippen molar-refractivity contribution in [3.8, 4) is 6.07 Å². The number of nitrogens with zero attached hydrogens (tertiary/aromatic N) is 2. The third-order valence-corrected chi connectivity index (χ3v) is 5.73. The Morgan fingerprint density at radius 2 is 1.96 bits per heavy atom. The lowest BCUT2D eigenvalue weighted by Crippen LogP contribution is -2.48. The molecule has 0 bridgehead atoms. The maximum Gasteiger partial charge on any atom is 0.255 e. The summed E-state index contributed by atoms with van der Waals surface area (Å²) in [6, 6.07) is 14.3. The number of nitrogens with one attached hydrogen (secondary N) is 1. The second-order valence-corrected chi connectivity index (χ2v) is 7.30. The fourth-order valence-corrected chi connectivity index (χ4v) is 4.35. The number of amides is 1. The van der Waals surface area contributed by atoms with Gasteiger partial charge < -0.3 is 10.2 Å². The number of benzene rings is 2. The van der Waals surface area contributed by atoms with Crippen LogP contribution in [0.15, 0.2) is 36.4 Å². The summed E-state index contributed by atoms with van der Waals surface area (Å²) in [6.07, 6.45) is 0.988. The smallest absolute Gasteiger partial charge is 0.255 e. The zero-order chi connectivity index (χ0) is 18.3. The number of rotatable bonds is 3. The van der Waals surface area contributed by atoms with Gasteiger partial charge in [-0.2, -0.15) is 5.26 Å². The Kier molecular flexibility index (Phi) is 4.26. The fourth-order valence-electron chi connectivity index (χ4n) is 4.35. The average molecular weight is 345 g/mol. The highest BCUT2D eigenvalue weighted by Crippen LogP contribution is 2.38. The number of aryl methyl sites for hydroxylation is 2. The molecule has 4 heteroatoms. The molecule has 1 amide bonds. The summed E-state index contributed by atoms with van der Waals surface area (Å²) >= 11 is 0. The quantitative estimate of drug-likeness (QED) is 0.930. The molecular formula is C22H23N3O. The van der Waals surface area contributed by atoms with Crippen LogP contribution in [-0.2, 0) is 13.0 Å². The molecule has 1 N–H and O–H groups in total. The summed E-state index contributed by atoms with van der Waals surface area (Å²) in [4.78, 5) is 15.4. The number of hydrogen-bond acceptors (Lipinski definition) is 3. The predicted molar refractivity (Wildman–Crippen MR) is 101 cm³/mol. The molecule has 0 aromatic heterocycles. The zero-order valence-corrected chi connectivity index (χ0v) is 15.2. The number of carbonyl (C=O) groups is 1. The van der Waals surface area contributed by atoms with E-state index in [9.17, 15) is 4.79 Å². The van der Waals surface area contributed by atoms with Crippen molar-refractivity contribution in [2.75, 3.05) is 13.1 Å². The van der Waals surface area contributed by atoms with E-state index >= 15 is 0 Å². The topological polar surface area (TPSA) is 56.1 Å². The van der Waals surface area contributed by atoms with Crippen molar-refractivity contribution >= 4 is 5.91 Å². The minimum atomic E-state index is 0.134. The van der Waals surface area contributed by atoms with E-state index in [4.69, 9.17) is 5.26 Å². The van der Waals surface area contributed by atoms with Crippen LogP contribution < -0.4 is 5.32 Å². The SMILES string of the molecule is CCc1cc(C)c2c(c1)[C@@H]1CNC[C@H]1N(Cc1ccc(C#N)cc1)C2=O. The summed E-state index contributed by atoms with van der Waals surface area (Å²) in [5.74, 6) is 0.487. The summed E-state index contributed by atoms with van der Waals surface area (Å²) < 4.78 is 0. The van der Waals surface area contributed by atoms with E-state index < -0.39 is 0 Å². The molecule has 0 aliphatic carbocycles. The molecule has 2 aromatic carbocycles. The van der Waals surface area contributed by atoms with Crippen LogP contribution in [0.3, 0.4) is 0 Å². The van der Waals surface area contributed by atoms with Crippen LogP contribution >= 0.6 is 0 Å². The van der Waals surface area contributed by atoms with Crippen LogP contribution in [0.25, 0.3) is 0 Å². The normalized spacial score (nSPS) is 21.3. The van der Waals surface area contributed by atoms with Gasteiger partial charge >= 0.3 is 0 Å². The van der Waals surface area contributed by atoms with E-state index in [2.05, 4.69) is 37.4 Å². The van der Waals surface area contributed by atoms with E-state index in [1.165, 1.54) is 11.1 Å². The van der Waals surface area contributed by atoms with Gasteiger partial charge in [0.15, 0.2) is 0 Å². The van der Waals surface area contributed by atoms with Gasteiger partial charge in [0.25, 0.3) is 5.91 Å². The van der Waals surface area contributed by atoms with Gasteiger partial charge in [-0.05, 0) is 47.7 Å². The third-order valence-electron chi connectivity index (χ3n) is 5.73. The molecule has 1 saturated heterocycles. The zero-order valence-electron chi connectivity index (χ0n) is 15.2. The molecule has 2 atom stereocenters. The highest BCUT2D eigenvalue weighted by Gasteiger charge is 2.43. The molecule has 2 heterocycles. The molecule has 1 fully saturated rings. The van der Waals surface area contributed by atoms with Crippen molar-refractivity contribution in [1.29, 1.82) is 5.26 Å². The maximum absolute atomic E-state index is 13.4. The van der Waals surface area contributed by atoms with Crippen molar-refractivity contribution in [2.24, 2.45) is 0 Å². The summed E-state index contributed by atoms with van der Waals surface area (Å²) in [5, 5.41) is 12.5. The molecule has 4 nitrogen and oxygen atoms in total. The van der Waals surface area contributed by atoms with Gasteiger partial charge in [-0.1, -0.05) is 31.2 Å². The van der Waals surface area contributed by atoms with E-state index in [1.807, 2.05) is 29.2 Å². The lowest BCUT2D eigenvalue weighted by molar-refractivity contribution is 0.0629. The molecule has 2 aliphatic heterocycles. The lowest BCUT2D eigenvalue weighted by Gasteiger charge is -2.39. The first-order valence-corrected chi connectivity index (χ1v) is 9.26. The molecule has 0 saturated carbocycles. The second-order valence-electron chi connectivity index (χ2n) is 7.30. The Labute approximate surface area is 154 Å². The first kappa shape index (κ1) is 16.8. The van der Waals surface area contributed by atoms with Crippen LogP contribution in [0.4, 0.5) is 0 Å². The Hall–Kier alpha value is -2.64. The van der Waals surface area contributed by atoms with E-state index in [0.717, 1.165) is 36.2 Å². The second kappa shape index (κ2) is 6.59. The average Bonchev–Trinajstić information content (AvgIpc) is 3.15. The van der Waals surface area contributed by atoms with E-state index in [-0.39, 0.29) is 11.9 Å². The monoisotopic (exact) mass is 345 g/mol. The van der Waals surface area contributed by atoms with Crippen molar-refractivity contribution in [3.05, 3.63) is 69.8 Å². The molecule has 2 aromatic rings. The van der Waals surface area contributed by atoms with Crippen molar-refractivity contribution in [2.45, 2.75) is 38.8 Å². The Balaban J connectivity index is 1.73. The summed E-state index contributed by atoms with van der Waals surface area (Å²) in [5.41, 5.74) is 6.21. The van der Waals surface area contributed by atoms with Crippen molar-refractivity contribution < 1.29 is 4.79 Å². The van der Waals surface area contributed by atoms with E-state index in [0.29, 0.717) is 18.0 Å². The Bertz CT molecular complexity index is 895. The molecular weight excluding hydrogens is 322 g/mol. The molecule has 4 rings (SSSR count).